The Labute approximate surface area is 134 Å². The fraction of sp³-hybridized carbons (Fsp3) is 0.167. The topological polar surface area (TPSA) is 59.4 Å². The Morgan fingerprint density at radius 2 is 2.30 bits per heavy atom. The van der Waals surface area contributed by atoms with Crippen molar-refractivity contribution in [1.82, 2.24) is 14.7 Å². The van der Waals surface area contributed by atoms with E-state index in [0.29, 0.717) is 17.5 Å². The Morgan fingerprint density at radius 3 is 2.95 bits per heavy atom. The van der Waals surface area contributed by atoms with Crippen molar-refractivity contribution in [2.45, 2.75) is 13.5 Å². The normalized spacial score (nSPS) is 18.4. The maximum absolute atomic E-state index is 5.83. The highest BCUT2D eigenvalue weighted by molar-refractivity contribution is 9.11. The molecule has 0 aliphatic carbocycles. The minimum Gasteiger partial charge on any atom is -0.384 e. The fourth-order valence-corrected chi connectivity index (χ4v) is 3.83. The zero-order valence-electron chi connectivity index (χ0n) is 10.6. The van der Waals surface area contributed by atoms with Gasteiger partial charge in [0.1, 0.15) is 10.4 Å². The molecule has 2 aliphatic heterocycles. The van der Waals surface area contributed by atoms with Gasteiger partial charge in [-0.1, -0.05) is 29.9 Å². The predicted molar refractivity (Wildman–Crippen MR) is 87.4 cm³/mol. The number of thioether (sulfide) groups is 1. The Hall–Kier alpha value is -1.18. The summed E-state index contributed by atoms with van der Waals surface area (Å²) in [6.07, 6.45) is 1.92. The number of allylic oxidation sites excluding steroid dienone is 3. The van der Waals surface area contributed by atoms with E-state index in [1.54, 1.807) is 22.5 Å². The molecule has 2 aliphatic rings. The van der Waals surface area contributed by atoms with Crippen LogP contribution in [0.15, 0.2) is 44.6 Å². The highest BCUT2D eigenvalue weighted by Gasteiger charge is 2.30. The van der Waals surface area contributed by atoms with Gasteiger partial charge in [0, 0.05) is 16.7 Å². The van der Waals surface area contributed by atoms with E-state index in [2.05, 4.69) is 32.6 Å². The first-order chi connectivity index (χ1) is 9.45. The maximum atomic E-state index is 5.83. The molecule has 1 aromatic rings. The molecule has 2 N–H and O–H groups in total. The van der Waals surface area contributed by atoms with Crippen LogP contribution in [-0.2, 0) is 6.54 Å². The quantitative estimate of drug-likeness (QED) is 0.807. The number of anilines is 1. The first-order valence-corrected chi connectivity index (χ1v) is 7.76. The van der Waals surface area contributed by atoms with Crippen LogP contribution in [0.4, 0.5) is 5.82 Å². The molecule has 0 saturated heterocycles. The molecule has 0 unspecified atom stereocenters. The van der Waals surface area contributed by atoms with Gasteiger partial charge in [-0.3, -0.25) is 4.90 Å². The van der Waals surface area contributed by atoms with Crippen LogP contribution in [0.3, 0.4) is 0 Å². The van der Waals surface area contributed by atoms with Gasteiger partial charge in [0.2, 0.25) is 0 Å². The Kier molecular flexibility index (Phi) is 3.43. The monoisotopic (exact) mass is 371 g/mol. The molecule has 20 heavy (non-hydrogen) atoms. The van der Waals surface area contributed by atoms with Gasteiger partial charge in [0.15, 0.2) is 10.3 Å². The number of rotatable bonds is 2. The number of halogens is 2. The average Bonchev–Trinajstić information content (AvgIpc) is 2.80. The number of hydrogen-bond donors (Lipinski definition) is 1. The van der Waals surface area contributed by atoms with E-state index < -0.39 is 0 Å². The third kappa shape index (κ3) is 2.30. The first-order valence-electron chi connectivity index (χ1n) is 5.77. The second-order valence-electron chi connectivity index (χ2n) is 4.36. The van der Waals surface area contributed by atoms with Gasteiger partial charge < -0.3 is 5.73 Å². The van der Waals surface area contributed by atoms with Crippen molar-refractivity contribution in [2.75, 3.05) is 5.73 Å². The van der Waals surface area contributed by atoms with Crippen molar-refractivity contribution in [3.8, 4) is 0 Å². The van der Waals surface area contributed by atoms with E-state index in [1.165, 1.54) is 0 Å². The number of hydrogen-bond acceptors (Lipinski definition) is 5. The summed E-state index contributed by atoms with van der Waals surface area (Å²) in [4.78, 5) is 7.74. The molecule has 3 heterocycles. The van der Waals surface area contributed by atoms with Crippen molar-refractivity contribution < 1.29 is 0 Å². The molecule has 0 aromatic carbocycles. The van der Waals surface area contributed by atoms with Crippen LogP contribution in [0.5, 0.6) is 0 Å². The van der Waals surface area contributed by atoms with Crippen LogP contribution in [0.25, 0.3) is 0 Å². The molecule has 5 nitrogen and oxygen atoms in total. The lowest BCUT2D eigenvalue weighted by molar-refractivity contribution is 0.655. The zero-order valence-corrected chi connectivity index (χ0v) is 13.8. The van der Waals surface area contributed by atoms with Crippen molar-refractivity contribution in [2.24, 2.45) is 4.99 Å². The zero-order chi connectivity index (χ0) is 14.4. The molecular formula is C12H11BrClN5S. The first kappa shape index (κ1) is 13.8. The highest BCUT2D eigenvalue weighted by Crippen LogP contribution is 2.42. The summed E-state index contributed by atoms with van der Waals surface area (Å²) in [5.41, 5.74) is 7.53. The van der Waals surface area contributed by atoms with Crippen molar-refractivity contribution in [3.63, 3.8) is 0 Å². The molecule has 0 atom stereocenters. The summed E-state index contributed by atoms with van der Waals surface area (Å²) >= 11 is 11.0. The molecule has 0 spiro atoms. The SMILES string of the molecule is C=C1C=C(Cn2nc(Cl)cc2N)N=C2SC(C)=C(Br)N12. The maximum Gasteiger partial charge on any atom is 0.178 e. The van der Waals surface area contributed by atoms with Gasteiger partial charge in [-0.2, -0.15) is 5.10 Å². The summed E-state index contributed by atoms with van der Waals surface area (Å²) in [7, 11) is 0. The summed E-state index contributed by atoms with van der Waals surface area (Å²) in [6, 6.07) is 1.62. The molecule has 0 saturated carbocycles. The van der Waals surface area contributed by atoms with Crippen LogP contribution < -0.4 is 5.73 Å². The summed E-state index contributed by atoms with van der Waals surface area (Å²) in [5, 5.41) is 5.38. The number of nitrogen functional groups attached to an aromatic ring is 1. The fourth-order valence-electron chi connectivity index (χ4n) is 1.96. The third-order valence-electron chi connectivity index (χ3n) is 2.88. The van der Waals surface area contributed by atoms with Crippen molar-refractivity contribution in [1.29, 1.82) is 0 Å². The lowest BCUT2D eigenvalue weighted by atomic mass is 10.3. The van der Waals surface area contributed by atoms with E-state index >= 15 is 0 Å². The number of fused-ring (bicyclic) bond motifs is 1. The second kappa shape index (κ2) is 4.98. The molecule has 0 bridgehead atoms. The average molecular weight is 373 g/mol. The lowest BCUT2D eigenvalue weighted by Crippen LogP contribution is -2.24. The van der Waals surface area contributed by atoms with Crippen LogP contribution in [0.2, 0.25) is 5.15 Å². The number of aliphatic imine (C=N–C) groups is 1. The van der Waals surface area contributed by atoms with E-state index in [1.807, 2.05) is 17.9 Å². The molecule has 0 fully saturated rings. The molecule has 3 rings (SSSR count). The van der Waals surface area contributed by atoms with Gasteiger partial charge in [0.05, 0.1) is 12.2 Å². The molecule has 104 valence electrons. The Balaban J connectivity index is 1.88. The number of nitrogens with two attached hydrogens (primary N) is 1. The lowest BCUT2D eigenvalue weighted by Gasteiger charge is -2.24. The molecule has 1 aromatic heterocycles. The number of nitrogens with zero attached hydrogens (tertiary/aromatic N) is 4. The predicted octanol–water partition coefficient (Wildman–Crippen LogP) is 3.52. The minimum absolute atomic E-state index is 0.377. The summed E-state index contributed by atoms with van der Waals surface area (Å²) in [6.45, 7) is 6.57. The molecule has 8 heteroatoms. The molecule has 0 amide bonds. The third-order valence-corrected chi connectivity index (χ3v) is 5.23. The van der Waals surface area contributed by atoms with Crippen LogP contribution >= 0.6 is 39.3 Å². The molecule has 0 radical (unpaired) electrons. The second-order valence-corrected chi connectivity index (χ2v) is 6.68. The Bertz CT molecular complexity index is 703. The van der Waals surface area contributed by atoms with E-state index in [-0.39, 0.29) is 0 Å². The van der Waals surface area contributed by atoms with Crippen LogP contribution in [0.1, 0.15) is 6.92 Å². The van der Waals surface area contributed by atoms with E-state index in [0.717, 1.165) is 26.1 Å². The molecular weight excluding hydrogens is 362 g/mol. The van der Waals surface area contributed by atoms with Gasteiger partial charge in [-0.15, -0.1) is 0 Å². The largest absolute Gasteiger partial charge is 0.384 e. The highest BCUT2D eigenvalue weighted by atomic mass is 79.9. The van der Waals surface area contributed by atoms with E-state index in [4.69, 9.17) is 17.3 Å². The van der Waals surface area contributed by atoms with Gasteiger partial charge in [0.25, 0.3) is 0 Å². The minimum atomic E-state index is 0.377. The van der Waals surface area contributed by atoms with Gasteiger partial charge in [-0.05, 0) is 28.9 Å². The van der Waals surface area contributed by atoms with E-state index in [9.17, 15) is 0 Å². The van der Waals surface area contributed by atoms with Crippen LogP contribution in [-0.4, -0.2) is 19.8 Å². The standard InChI is InChI=1S/C12H11BrClN5S/c1-6-3-8(5-18-10(15)4-9(14)17-18)16-12-19(6)11(13)7(2)20-12/h3-4H,1,5,15H2,2H3. The Morgan fingerprint density at radius 1 is 1.55 bits per heavy atom. The van der Waals surface area contributed by atoms with Gasteiger partial charge >= 0.3 is 0 Å². The van der Waals surface area contributed by atoms with Gasteiger partial charge in [-0.25, -0.2) is 9.67 Å². The van der Waals surface area contributed by atoms with Crippen LogP contribution in [0, 0.1) is 0 Å². The smallest absolute Gasteiger partial charge is 0.178 e. The summed E-state index contributed by atoms with van der Waals surface area (Å²) < 4.78 is 2.61. The van der Waals surface area contributed by atoms with Crippen molar-refractivity contribution in [3.05, 3.63) is 44.8 Å². The summed E-state index contributed by atoms with van der Waals surface area (Å²) in [5.74, 6) is 0.513. The number of aromatic nitrogens is 2. The van der Waals surface area contributed by atoms with Crippen molar-refractivity contribution >= 4 is 50.3 Å². The number of amidine groups is 1.